The Morgan fingerprint density at radius 2 is 2.10 bits per heavy atom. The Bertz CT molecular complexity index is 454. The monoisotopic (exact) mass is 278 g/mol. The fourth-order valence-corrected chi connectivity index (χ4v) is 2.63. The lowest BCUT2D eigenvalue weighted by atomic mass is 9.94. The molecule has 2 N–H and O–H groups in total. The van der Waals surface area contributed by atoms with E-state index in [9.17, 15) is 9.90 Å². The molecule has 1 amide bonds. The van der Waals surface area contributed by atoms with Crippen LogP contribution in [0.2, 0.25) is 0 Å². The number of hydrogen-bond acceptors (Lipinski definition) is 4. The van der Waals surface area contributed by atoms with Crippen LogP contribution in [0.3, 0.4) is 0 Å². The first-order valence-corrected chi connectivity index (χ1v) is 7.13. The molecule has 1 heterocycles. The van der Waals surface area contributed by atoms with E-state index >= 15 is 0 Å². The van der Waals surface area contributed by atoms with E-state index in [0.717, 1.165) is 38.5 Å². The molecule has 0 atom stereocenters. The molecular weight excluding hydrogens is 256 g/mol. The smallest absolute Gasteiger partial charge is 0.255 e. The maximum Gasteiger partial charge on any atom is 0.255 e. The molecule has 5 nitrogen and oxygen atoms in total. The second kappa shape index (κ2) is 6.70. The van der Waals surface area contributed by atoms with Crippen molar-refractivity contribution in [2.24, 2.45) is 0 Å². The van der Waals surface area contributed by atoms with Crippen molar-refractivity contribution in [1.29, 1.82) is 0 Å². The van der Waals surface area contributed by atoms with Crippen molar-refractivity contribution in [2.45, 2.75) is 44.1 Å². The van der Waals surface area contributed by atoms with Gasteiger partial charge in [-0.15, -0.1) is 0 Å². The first-order valence-electron chi connectivity index (χ1n) is 7.13. The largest absolute Gasteiger partial charge is 0.494 e. The summed E-state index contributed by atoms with van der Waals surface area (Å²) >= 11 is 0. The Hall–Kier alpha value is -1.62. The first-order chi connectivity index (χ1) is 9.64. The molecule has 0 bridgehead atoms. The van der Waals surface area contributed by atoms with Gasteiger partial charge in [0.15, 0.2) is 0 Å². The van der Waals surface area contributed by atoms with Crippen LogP contribution in [-0.2, 0) is 0 Å². The van der Waals surface area contributed by atoms with E-state index in [1.165, 1.54) is 13.3 Å². The van der Waals surface area contributed by atoms with E-state index in [4.69, 9.17) is 4.74 Å². The highest BCUT2D eigenvalue weighted by molar-refractivity contribution is 5.96. The molecule has 0 radical (unpaired) electrons. The minimum atomic E-state index is -0.771. The van der Waals surface area contributed by atoms with Crippen molar-refractivity contribution in [2.75, 3.05) is 13.7 Å². The summed E-state index contributed by atoms with van der Waals surface area (Å²) in [6, 6.07) is 1.62. The number of rotatable bonds is 4. The molecule has 0 unspecified atom stereocenters. The lowest BCUT2D eigenvalue weighted by Crippen LogP contribution is -2.42. The van der Waals surface area contributed by atoms with Crippen molar-refractivity contribution >= 4 is 5.91 Å². The molecular formula is C15H22N2O3. The predicted molar refractivity (Wildman–Crippen MR) is 75.8 cm³/mol. The average Bonchev–Trinajstić information content (AvgIpc) is 2.70. The van der Waals surface area contributed by atoms with Gasteiger partial charge in [0.1, 0.15) is 5.75 Å². The lowest BCUT2D eigenvalue weighted by Gasteiger charge is -2.26. The summed E-state index contributed by atoms with van der Waals surface area (Å²) in [5, 5.41) is 13.3. The molecule has 1 saturated carbocycles. The van der Waals surface area contributed by atoms with Crippen molar-refractivity contribution in [3.63, 3.8) is 0 Å². The number of methoxy groups -OCH3 is 1. The number of aliphatic hydroxyl groups is 1. The summed E-state index contributed by atoms with van der Waals surface area (Å²) in [4.78, 5) is 16.1. The van der Waals surface area contributed by atoms with Gasteiger partial charge in [0.05, 0.1) is 24.5 Å². The van der Waals surface area contributed by atoms with E-state index in [-0.39, 0.29) is 12.5 Å². The van der Waals surface area contributed by atoms with Gasteiger partial charge in [0, 0.05) is 12.7 Å². The third-order valence-corrected chi connectivity index (χ3v) is 3.86. The molecule has 1 aliphatic rings. The Kier molecular flexibility index (Phi) is 4.95. The van der Waals surface area contributed by atoms with Crippen molar-refractivity contribution in [3.8, 4) is 5.75 Å². The van der Waals surface area contributed by atoms with Gasteiger partial charge in [-0.1, -0.05) is 25.7 Å². The molecule has 0 aliphatic heterocycles. The summed E-state index contributed by atoms with van der Waals surface area (Å²) in [5.41, 5.74) is -0.327. The Morgan fingerprint density at radius 3 is 2.75 bits per heavy atom. The Morgan fingerprint density at radius 1 is 1.40 bits per heavy atom. The van der Waals surface area contributed by atoms with E-state index in [2.05, 4.69) is 10.3 Å². The van der Waals surface area contributed by atoms with Crippen LogP contribution in [0.15, 0.2) is 18.5 Å². The Labute approximate surface area is 119 Å². The SMILES string of the molecule is COc1cnccc1C(=O)NCC1(O)CCCCCC1. The zero-order valence-corrected chi connectivity index (χ0v) is 11.9. The minimum Gasteiger partial charge on any atom is -0.494 e. The topological polar surface area (TPSA) is 71.5 Å². The van der Waals surface area contributed by atoms with Gasteiger partial charge in [-0.05, 0) is 18.9 Å². The predicted octanol–water partition coefficient (Wildman–Crippen LogP) is 1.91. The molecule has 110 valence electrons. The van der Waals surface area contributed by atoms with Crippen LogP contribution in [0.5, 0.6) is 5.75 Å². The Balaban J connectivity index is 1.97. The summed E-state index contributed by atoms with van der Waals surface area (Å²) in [6.45, 7) is 0.289. The van der Waals surface area contributed by atoms with E-state index < -0.39 is 5.60 Å². The van der Waals surface area contributed by atoms with Crippen molar-refractivity contribution in [3.05, 3.63) is 24.0 Å². The van der Waals surface area contributed by atoms with Crippen molar-refractivity contribution < 1.29 is 14.6 Å². The molecule has 5 heteroatoms. The fourth-order valence-electron chi connectivity index (χ4n) is 2.63. The summed E-state index contributed by atoms with van der Waals surface area (Å²) in [5.74, 6) is 0.208. The number of amides is 1. The van der Waals surface area contributed by atoms with E-state index in [0.29, 0.717) is 11.3 Å². The summed E-state index contributed by atoms with van der Waals surface area (Å²) in [7, 11) is 1.51. The first kappa shape index (κ1) is 14.8. The molecule has 0 aromatic carbocycles. The zero-order chi connectivity index (χ0) is 14.4. The van der Waals surface area contributed by atoms with E-state index in [1.807, 2.05) is 0 Å². The number of carbonyl (C=O) groups excluding carboxylic acids is 1. The standard InChI is InChI=1S/C15H22N2O3/c1-20-13-10-16-9-6-12(13)14(18)17-11-15(19)7-4-2-3-5-8-15/h6,9-10,19H,2-5,7-8,11H2,1H3,(H,17,18). The van der Waals surface area contributed by atoms with Gasteiger partial charge in [0.2, 0.25) is 0 Å². The van der Waals surface area contributed by atoms with Gasteiger partial charge in [-0.2, -0.15) is 0 Å². The van der Waals surface area contributed by atoms with Crippen LogP contribution in [0.25, 0.3) is 0 Å². The quantitative estimate of drug-likeness (QED) is 0.825. The van der Waals surface area contributed by atoms with Crippen LogP contribution in [0, 0.1) is 0 Å². The number of nitrogens with zero attached hydrogens (tertiary/aromatic N) is 1. The zero-order valence-electron chi connectivity index (χ0n) is 11.9. The van der Waals surface area contributed by atoms with Crippen LogP contribution < -0.4 is 10.1 Å². The van der Waals surface area contributed by atoms with Gasteiger partial charge in [-0.3, -0.25) is 9.78 Å². The molecule has 0 spiro atoms. The maximum absolute atomic E-state index is 12.2. The van der Waals surface area contributed by atoms with Gasteiger partial charge >= 0.3 is 0 Å². The number of ether oxygens (including phenoxy) is 1. The molecule has 20 heavy (non-hydrogen) atoms. The molecule has 1 aromatic heterocycles. The highest BCUT2D eigenvalue weighted by Gasteiger charge is 2.28. The fraction of sp³-hybridized carbons (Fsp3) is 0.600. The molecule has 1 aliphatic carbocycles. The van der Waals surface area contributed by atoms with Crippen LogP contribution in [0.4, 0.5) is 0 Å². The number of carbonyl (C=O) groups is 1. The second-order valence-corrected chi connectivity index (χ2v) is 5.40. The molecule has 0 saturated heterocycles. The molecule has 1 aromatic rings. The third kappa shape index (κ3) is 3.70. The van der Waals surface area contributed by atoms with Crippen LogP contribution >= 0.6 is 0 Å². The number of pyridine rings is 1. The van der Waals surface area contributed by atoms with Crippen LogP contribution in [0.1, 0.15) is 48.9 Å². The highest BCUT2D eigenvalue weighted by Crippen LogP contribution is 2.26. The molecule has 2 rings (SSSR count). The number of nitrogens with one attached hydrogen (secondary N) is 1. The number of aromatic nitrogens is 1. The van der Waals surface area contributed by atoms with Gasteiger partial charge < -0.3 is 15.2 Å². The van der Waals surface area contributed by atoms with Crippen molar-refractivity contribution in [1.82, 2.24) is 10.3 Å². The highest BCUT2D eigenvalue weighted by atomic mass is 16.5. The van der Waals surface area contributed by atoms with E-state index in [1.54, 1.807) is 12.3 Å². The maximum atomic E-state index is 12.2. The van der Waals surface area contributed by atoms with Gasteiger partial charge in [-0.25, -0.2) is 0 Å². The lowest BCUT2D eigenvalue weighted by molar-refractivity contribution is 0.0246. The summed E-state index contributed by atoms with van der Waals surface area (Å²) < 4.78 is 5.12. The average molecular weight is 278 g/mol. The minimum absolute atomic E-state index is 0.234. The van der Waals surface area contributed by atoms with Crippen LogP contribution in [-0.4, -0.2) is 35.3 Å². The molecule has 1 fully saturated rings. The normalized spacial score (nSPS) is 18.1. The number of hydrogen-bond donors (Lipinski definition) is 2. The third-order valence-electron chi connectivity index (χ3n) is 3.86. The summed E-state index contributed by atoms with van der Waals surface area (Å²) in [6.07, 6.45) is 8.92. The second-order valence-electron chi connectivity index (χ2n) is 5.40. The van der Waals surface area contributed by atoms with Gasteiger partial charge in [0.25, 0.3) is 5.91 Å².